The molecule has 8 heteroatoms. The predicted molar refractivity (Wildman–Crippen MR) is 106 cm³/mol. The maximum Gasteiger partial charge on any atom is 0.332 e. The van der Waals surface area contributed by atoms with Gasteiger partial charge in [0.05, 0.1) is 24.8 Å². The number of aromatic nitrogens is 1. The zero-order valence-corrected chi connectivity index (χ0v) is 16.6. The van der Waals surface area contributed by atoms with Crippen LogP contribution in [0.2, 0.25) is 0 Å². The van der Waals surface area contributed by atoms with Crippen LogP contribution in [0, 0.1) is 12.3 Å². The quantitative estimate of drug-likeness (QED) is 0.627. The second-order valence-electron chi connectivity index (χ2n) is 8.11. The highest BCUT2D eigenvalue weighted by Gasteiger charge is 2.63. The van der Waals surface area contributed by atoms with Crippen molar-refractivity contribution in [1.82, 2.24) is 14.8 Å². The Morgan fingerprint density at radius 2 is 1.83 bits per heavy atom. The first-order valence-corrected chi connectivity index (χ1v) is 9.69. The average Bonchev–Trinajstić information content (AvgIpc) is 2.73. The van der Waals surface area contributed by atoms with E-state index in [4.69, 9.17) is 9.72 Å². The summed E-state index contributed by atoms with van der Waals surface area (Å²) in [6, 6.07) is 6.97. The molecular formula is C21H22N4O4. The fourth-order valence-corrected chi connectivity index (χ4v) is 4.92. The fraction of sp³-hybridized carbons (Fsp3) is 0.429. The minimum Gasteiger partial charge on any atom is -0.377 e. The Balaban J connectivity index is 1.74. The van der Waals surface area contributed by atoms with Crippen molar-refractivity contribution in [2.75, 3.05) is 38.8 Å². The van der Waals surface area contributed by atoms with Crippen molar-refractivity contribution < 1.29 is 19.1 Å². The summed E-state index contributed by atoms with van der Waals surface area (Å²) in [4.78, 5) is 48.2. The number of nitrogens with zero attached hydrogens (tertiary/aromatic N) is 4. The molecule has 4 heterocycles. The summed E-state index contributed by atoms with van der Waals surface area (Å²) < 4.78 is 5.68. The van der Waals surface area contributed by atoms with Crippen molar-refractivity contribution >= 4 is 34.6 Å². The number of ether oxygens (including phenoxy) is 1. The average molecular weight is 394 g/mol. The molecule has 1 aromatic carbocycles. The standard InChI is InChI=1S/C21H22N4O4/c1-12-4-5-15-13(8-12)9-14-10-21(16-11-29-7-6-25(16)17(14)22-15)18(26)23(2)20(28)24(3)19(21)27/h4-5,8-9,16H,6-7,10-11H2,1-3H3/t16-/m1/s1. The normalized spacial score (nSPS) is 23.6. The second kappa shape index (κ2) is 6.00. The van der Waals surface area contributed by atoms with E-state index in [0.29, 0.717) is 13.2 Å². The molecule has 8 nitrogen and oxygen atoms in total. The number of hydrogen-bond acceptors (Lipinski definition) is 6. The van der Waals surface area contributed by atoms with Crippen molar-refractivity contribution in [2.45, 2.75) is 19.4 Å². The summed E-state index contributed by atoms with van der Waals surface area (Å²) in [5.74, 6) is -0.148. The lowest BCUT2D eigenvalue weighted by molar-refractivity contribution is -0.161. The van der Waals surface area contributed by atoms with E-state index in [1.165, 1.54) is 14.1 Å². The number of pyridine rings is 1. The van der Waals surface area contributed by atoms with Gasteiger partial charge >= 0.3 is 6.03 Å². The second-order valence-corrected chi connectivity index (χ2v) is 8.11. The van der Waals surface area contributed by atoms with E-state index in [1.54, 1.807) is 0 Å². The van der Waals surface area contributed by atoms with Gasteiger partial charge in [-0.3, -0.25) is 19.4 Å². The van der Waals surface area contributed by atoms with Crippen molar-refractivity contribution in [1.29, 1.82) is 0 Å². The van der Waals surface area contributed by atoms with Crippen molar-refractivity contribution in [3.05, 3.63) is 35.4 Å². The van der Waals surface area contributed by atoms with Crippen LogP contribution in [0.25, 0.3) is 10.9 Å². The third kappa shape index (κ3) is 2.29. The molecule has 0 radical (unpaired) electrons. The number of benzene rings is 1. The minimum atomic E-state index is -1.40. The number of carbonyl (C=O) groups excluding carboxylic acids is 3. The Kier molecular flexibility index (Phi) is 3.73. The highest BCUT2D eigenvalue weighted by Crippen LogP contribution is 2.46. The Labute approximate surface area is 168 Å². The smallest absolute Gasteiger partial charge is 0.332 e. The Hall–Kier alpha value is -3.00. The molecule has 0 saturated carbocycles. The number of aryl methyl sites for hydroxylation is 1. The van der Waals surface area contributed by atoms with Gasteiger partial charge in [-0.05, 0) is 30.7 Å². The van der Waals surface area contributed by atoms with Crippen LogP contribution in [-0.2, 0) is 20.7 Å². The lowest BCUT2D eigenvalue weighted by Gasteiger charge is -2.53. The molecule has 0 bridgehead atoms. The van der Waals surface area contributed by atoms with Crippen molar-refractivity contribution in [2.24, 2.45) is 5.41 Å². The number of hydrogen-bond donors (Lipinski definition) is 0. The molecule has 2 saturated heterocycles. The number of urea groups is 1. The molecule has 4 amide bonds. The number of imide groups is 2. The highest BCUT2D eigenvalue weighted by atomic mass is 16.5. The van der Waals surface area contributed by atoms with E-state index in [2.05, 4.69) is 0 Å². The first kappa shape index (κ1) is 18.1. The van der Waals surface area contributed by atoms with Gasteiger partial charge in [0.25, 0.3) is 0 Å². The van der Waals surface area contributed by atoms with E-state index in [0.717, 1.165) is 37.6 Å². The van der Waals surface area contributed by atoms with Gasteiger partial charge in [-0.25, -0.2) is 9.78 Å². The molecule has 0 N–H and O–H groups in total. The van der Waals surface area contributed by atoms with Crippen molar-refractivity contribution in [3.63, 3.8) is 0 Å². The third-order valence-corrected chi connectivity index (χ3v) is 6.41. The van der Waals surface area contributed by atoms with Crippen LogP contribution in [0.1, 0.15) is 11.1 Å². The molecule has 0 unspecified atom stereocenters. The van der Waals surface area contributed by atoms with Gasteiger partial charge in [0.1, 0.15) is 5.82 Å². The largest absolute Gasteiger partial charge is 0.377 e. The topological polar surface area (TPSA) is 83.1 Å². The number of barbiturate groups is 1. The SMILES string of the molecule is Cc1ccc2nc3c(cc2c1)CC1(C(=O)N(C)C(=O)N(C)C1=O)[C@H]1COCCN31. The van der Waals surface area contributed by atoms with Gasteiger partial charge in [0.2, 0.25) is 11.8 Å². The van der Waals surface area contributed by atoms with Crippen molar-refractivity contribution in [3.8, 4) is 0 Å². The molecule has 1 spiro atoms. The van der Waals surface area contributed by atoms with Gasteiger partial charge in [-0.2, -0.15) is 0 Å². The van der Waals surface area contributed by atoms with E-state index >= 15 is 0 Å². The molecule has 1 atom stereocenters. The van der Waals surface area contributed by atoms with Gasteiger partial charge < -0.3 is 9.64 Å². The number of morpholine rings is 1. The Morgan fingerprint density at radius 1 is 1.10 bits per heavy atom. The molecule has 29 heavy (non-hydrogen) atoms. The molecule has 3 aliphatic rings. The molecule has 1 aromatic heterocycles. The summed E-state index contributed by atoms with van der Waals surface area (Å²) >= 11 is 0. The number of amides is 4. The van der Waals surface area contributed by atoms with Crippen LogP contribution in [0.3, 0.4) is 0 Å². The van der Waals surface area contributed by atoms with Crippen LogP contribution < -0.4 is 4.90 Å². The minimum absolute atomic E-state index is 0.198. The predicted octanol–water partition coefficient (Wildman–Crippen LogP) is 1.34. The molecular weight excluding hydrogens is 372 g/mol. The summed E-state index contributed by atoms with van der Waals surface area (Å²) in [5.41, 5.74) is 1.44. The molecule has 150 valence electrons. The number of fused-ring (bicyclic) bond motifs is 5. The van der Waals surface area contributed by atoms with Crippen LogP contribution in [0.15, 0.2) is 24.3 Å². The zero-order valence-electron chi connectivity index (χ0n) is 16.6. The maximum absolute atomic E-state index is 13.4. The molecule has 3 aliphatic heterocycles. The first-order valence-electron chi connectivity index (χ1n) is 9.69. The summed E-state index contributed by atoms with van der Waals surface area (Å²) in [7, 11) is 2.86. The zero-order chi connectivity index (χ0) is 20.5. The number of carbonyl (C=O) groups is 3. The Morgan fingerprint density at radius 3 is 2.55 bits per heavy atom. The first-order chi connectivity index (χ1) is 13.8. The molecule has 5 rings (SSSR count). The summed E-state index contributed by atoms with van der Waals surface area (Å²) in [6.07, 6.45) is 0.198. The van der Waals surface area contributed by atoms with Crippen LogP contribution >= 0.6 is 0 Å². The number of anilines is 1. The van der Waals surface area contributed by atoms with Gasteiger partial charge in [-0.1, -0.05) is 11.6 Å². The van der Waals surface area contributed by atoms with E-state index in [9.17, 15) is 14.4 Å². The number of rotatable bonds is 0. The maximum atomic E-state index is 13.4. The van der Waals surface area contributed by atoms with Crippen LogP contribution in [-0.4, -0.2) is 72.5 Å². The van der Waals surface area contributed by atoms with E-state index in [1.807, 2.05) is 36.1 Å². The van der Waals surface area contributed by atoms with Crippen LogP contribution in [0.4, 0.5) is 10.6 Å². The monoisotopic (exact) mass is 394 g/mol. The van der Waals surface area contributed by atoms with Gasteiger partial charge in [0.15, 0.2) is 5.41 Å². The van der Waals surface area contributed by atoms with Crippen LogP contribution in [0.5, 0.6) is 0 Å². The van der Waals surface area contributed by atoms with Gasteiger partial charge in [-0.15, -0.1) is 0 Å². The van der Waals surface area contributed by atoms with E-state index < -0.39 is 29.3 Å². The molecule has 0 aliphatic carbocycles. The lowest BCUT2D eigenvalue weighted by Crippen LogP contribution is -2.73. The summed E-state index contributed by atoms with van der Waals surface area (Å²) in [6.45, 7) is 3.28. The third-order valence-electron chi connectivity index (χ3n) is 6.41. The molecule has 2 fully saturated rings. The Bertz CT molecular complexity index is 1060. The van der Waals surface area contributed by atoms with E-state index in [-0.39, 0.29) is 13.0 Å². The van der Waals surface area contributed by atoms with Gasteiger partial charge in [0, 0.05) is 32.4 Å². The highest BCUT2D eigenvalue weighted by molar-refractivity contribution is 6.20. The lowest BCUT2D eigenvalue weighted by atomic mass is 9.68. The molecule has 2 aromatic rings. The fourth-order valence-electron chi connectivity index (χ4n) is 4.92. The summed E-state index contributed by atoms with van der Waals surface area (Å²) in [5, 5.41) is 0.971.